The van der Waals surface area contributed by atoms with E-state index in [1.54, 1.807) is 22.3 Å². The van der Waals surface area contributed by atoms with Crippen molar-refractivity contribution in [2.75, 3.05) is 0 Å². The lowest BCUT2D eigenvalue weighted by Crippen LogP contribution is -2.46. The number of allylic oxidation sites excluding steroid dienone is 16. The minimum absolute atomic E-state index is 0.292. The fraction of sp³-hybridized carbons (Fsp3) is 0.314. The summed E-state index contributed by atoms with van der Waals surface area (Å²) in [6, 6.07) is 9.25. The molecule has 9 rings (SSSR count). The van der Waals surface area contributed by atoms with Crippen LogP contribution in [0.2, 0.25) is 0 Å². The maximum Gasteiger partial charge on any atom is 0.107 e. The van der Waals surface area contributed by atoms with E-state index in [4.69, 9.17) is 0 Å². The summed E-state index contributed by atoms with van der Waals surface area (Å²) in [4.78, 5) is 2.78. The lowest BCUT2D eigenvalue weighted by molar-refractivity contribution is 0.181. The molecule has 37 heavy (non-hydrogen) atoms. The molecule has 182 valence electrons. The third kappa shape index (κ3) is 2.66. The quantitative estimate of drug-likeness (QED) is 0.449. The SMILES string of the molecule is C1=CCC2C(=C1)N1C3=C(CCC=C3NC1C1CC=C3C4=C(C=CCC41)C1C=CC=CC31)c1ccccc12. The van der Waals surface area contributed by atoms with Crippen LogP contribution in [0.15, 0.2) is 125 Å². The molecule has 0 bridgehead atoms. The van der Waals surface area contributed by atoms with Crippen molar-refractivity contribution in [3.63, 3.8) is 0 Å². The zero-order valence-electron chi connectivity index (χ0n) is 21.1. The average molecular weight is 481 g/mol. The summed E-state index contributed by atoms with van der Waals surface area (Å²) in [5.41, 5.74) is 13.8. The van der Waals surface area contributed by atoms with Crippen LogP contribution < -0.4 is 5.32 Å². The van der Waals surface area contributed by atoms with E-state index in [0.717, 1.165) is 32.1 Å². The first-order chi connectivity index (χ1) is 18.4. The molecule has 2 heterocycles. The largest absolute Gasteiger partial charge is 0.363 e. The van der Waals surface area contributed by atoms with Gasteiger partial charge in [-0.05, 0) is 77.5 Å². The monoisotopic (exact) mass is 480 g/mol. The number of fused-ring (bicyclic) bond motifs is 8. The molecule has 6 atom stereocenters. The summed E-state index contributed by atoms with van der Waals surface area (Å²) in [5, 5.41) is 4.13. The third-order valence-electron chi connectivity index (χ3n) is 10.2. The maximum absolute atomic E-state index is 4.13. The molecule has 0 amide bonds. The van der Waals surface area contributed by atoms with Crippen LogP contribution in [0.1, 0.15) is 49.1 Å². The van der Waals surface area contributed by atoms with Gasteiger partial charge in [0.05, 0.1) is 11.4 Å². The number of rotatable bonds is 1. The first-order valence-electron chi connectivity index (χ1n) is 14.3. The Labute approximate surface area is 219 Å². The summed E-state index contributed by atoms with van der Waals surface area (Å²) in [7, 11) is 0. The lowest BCUT2D eigenvalue weighted by atomic mass is 9.70. The van der Waals surface area contributed by atoms with Crippen molar-refractivity contribution in [3.8, 4) is 0 Å². The Morgan fingerprint density at radius 2 is 1.81 bits per heavy atom. The normalized spacial score (nSPS) is 35.6. The highest BCUT2D eigenvalue weighted by Crippen LogP contribution is 2.58. The van der Waals surface area contributed by atoms with Gasteiger partial charge in [-0.15, -0.1) is 0 Å². The van der Waals surface area contributed by atoms with E-state index in [9.17, 15) is 0 Å². The summed E-state index contributed by atoms with van der Waals surface area (Å²) in [6.07, 6.45) is 32.4. The summed E-state index contributed by atoms with van der Waals surface area (Å²) >= 11 is 0. The van der Waals surface area contributed by atoms with Crippen LogP contribution >= 0.6 is 0 Å². The van der Waals surface area contributed by atoms with Crippen LogP contribution in [0.5, 0.6) is 0 Å². The van der Waals surface area contributed by atoms with Crippen LogP contribution in [0.4, 0.5) is 0 Å². The molecular formula is C35H32N2. The Morgan fingerprint density at radius 3 is 2.78 bits per heavy atom. The maximum atomic E-state index is 4.13. The van der Waals surface area contributed by atoms with Crippen LogP contribution in [-0.2, 0) is 0 Å². The smallest absolute Gasteiger partial charge is 0.107 e. The molecule has 8 aliphatic rings. The van der Waals surface area contributed by atoms with Gasteiger partial charge in [-0.2, -0.15) is 0 Å². The predicted octanol–water partition coefficient (Wildman–Crippen LogP) is 7.44. The van der Waals surface area contributed by atoms with Crippen molar-refractivity contribution in [1.29, 1.82) is 0 Å². The molecule has 1 fully saturated rings. The van der Waals surface area contributed by atoms with E-state index < -0.39 is 0 Å². The Hall–Kier alpha value is -3.52. The second-order valence-electron chi connectivity index (χ2n) is 11.8. The topological polar surface area (TPSA) is 15.3 Å². The molecule has 6 aliphatic carbocycles. The summed E-state index contributed by atoms with van der Waals surface area (Å²) < 4.78 is 0. The van der Waals surface area contributed by atoms with Gasteiger partial charge in [-0.1, -0.05) is 85.0 Å². The zero-order chi connectivity index (χ0) is 24.1. The summed E-state index contributed by atoms with van der Waals surface area (Å²) in [5.74, 6) is 2.62. The van der Waals surface area contributed by atoms with Gasteiger partial charge in [0, 0.05) is 29.4 Å². The molecule has 1 aromatic carbocycles. The molecule has 1 aromatic rings. The standard InChI is InChI=1S/C35H32N2/c1-4-12-24-21(9-1)25-13-5-6-18-32(25)37-34-29(24)16-8-17-31(34)36-35(37)30-20-19-28-23-11-3-2-10-22(23)26-14-7-15-27(30)33(26)28/h1-7,9-12,14,17-19,22-23,25,27,30,35-36H,8,13,15-16,20H2. The lowest BCUT2D eigenvalue weighted by Gasteiger charge is -2.43. The van der Waals surface area contributed by atoms with Crippen molar-refractivity contribution in [2.24, 2.45) is 23.7 Å². The Morgan fingerprint density at radius 1 is 0.892 bits per heavy atom. The van der Waals surface area contributed by atoms with Crippen LogP contribution in [0.25, 0.3) is 5.57 Å². The molecule has 1 N–H and O–H groups in total. The van der Waals surface area contributed by atoms with E-state index in [2.05, 4.69) is 101 Å². The van der Waals surface area contributed by atoms with E-state index in [0.29, 0.717) is 35.8 Å². The molecule has 0 spiro atoms. The number of nitrogens with one attached hydrogen (secondary N) is 1. The number of hydrogen-bond acceptors (Lipinski definition) is 2. The average Bonchev–Trinajstić information content (AvgIpc) is 3.47. The second-order valence-corrected chi connectivity index (χ2v) is 11.8. The van der Waals surface area contributed by atoms with Gasteiger partial charge in [-0.25, -0.2) is 0 Å². The molecule has 0 radical (unpaired) electrons. The molecule has 0 saturated carbocycles. The highest BCUT2D eigenvalue weighted by atomic mass is 15.4. The van der Waals surface area contributed by atoms with Gasteiger partial charge in [-0.3, -0.25) is 0 Å². The molecule has 1 saturated heterocycles. The molecule has 0 aromatic heterocycles. The van der Waals surface area contributed by atoms with Gasteiger partial charge in [0.1, 0.15) is 6.17 Å². The molecule has 2 heteroatoms. The van der Waals surface area contributed by atoms with Crippen molar-refractivity contribution >= 4 is 5.57 Å². The number of benzene rings is 1. The van der Waals surface area contributed by atoms with E-state index in [1.807, 2.05) is 0 Å². The highest BCUT2D eigenvalue weighted by molar-refractivity contribution is 5.79. The van der Waals surface area contributed by atoms with E-state index >= 15 is 0 Å². The first-order valence-corrected chi connectivity index (χ1v) is 14.3. The Balaban J connectivity index is 1.21. The minimum Gasteiger partial charge on any atom is -0.363 e. The predicted molar refractivity (Wildman–Crippen MR) is 150 cm³/mol. The van der Waals surface area contributed by atoms with Crippen LogP contribution in [-0.4, -0.2) is 11.1 Å². The van der Waals surface area contributed by atoms with Gasteiger partial charge >= 0.3 is 0 Å². The summed E-state index contributed by atoms with van der Waals surface area (Å²) in [6.45, 7) is 0. The van der Waals surface area contributed by atoms with Crippen LogP contribution in [0, 0.1) is 23.7 Å². The van der Waals surface area contributed by atoms with Gasteiger partial charge in [0.2, 0.25) is 0 Å². The molecule has 2 nitrogen and oxygen atoms in total. The van der Waals surface area contributed by atoms with E-state index in [-0.39, 0.29) is 0 Å². The Bertz CT molecular complexity index is 1520. The van der Waals surface area contributed by atoms with Gasteiger partial charge in [0.25, 0.3) is 0 Å². The van der Waals surface area contributed by atoms with Crippen LogP contribution in [0.3, 0.4) is 0 Å². The fourth-order valence-corrected chi connectivity index (χ4v) is 8.81. The van der Waals surface area contributed by atoms with Crippen molar-refractivity contribution in [3.05, 3.63) is 136 Å². The molecule has 6 unspecified atom stereocenters. The molecule has 2 aliphatic heterocycles. The fourth-order valence-electron chi connectivity index (χ4n) is 8.81. The van der Waals surface area contributed by atoms with Gasteiger partial charge < -0.3 is 10.2 Å². The Kier molecular flexibility index (Phi) is 4.16. The minimum atomic E-state index is 0.292. The highest BCUT2D eigenvalue weighted by Gasteiger charge is 2.51. The number of hydrogen-bond donors (Lipinski definition) is 1. The zero-order valence-corrected chi connectivity index (χ0v) is 21.1. The van der Waals surface area contributed by atoms with Gasteiger partial charge in [0.15, 0.2) is 0 Å². The first kappa shape index (κ1) is 20.5. The van der Waals surface area contributed by atoms with Crippen molar-refractivity contribution in [2.45, 2.75) is 44.2 Å². The number of nitrogens with zero attached hydrogens (tertiary/aromatic N) is 1. The third-order valence-corrected chi connectivity index (χ3v) is 10.2. The molecular weight excluding hydrogens is 448 g/mol. The van der Waals surface area contributed by atoms with Crippen molar-refractivity contribution in [1.82, 2.24) is 10.2 Å². The second kappa shape index (κ2) is 7.51. The van der Waals surface area contributed by atoms with E-state index in [1.165, 1.54) is 28.2 Å². The van der Waals surface area contributed by atoms with Crippen molar-refractivity contribution < 1.29 is 0 Å².